The van der Waals surface area contributed by atoms with Crippen LogP contribution in [-0.2, 0) is 16.1 Å². The highest BCUT2D eigenvalue weighted by molar-refractivity contribution is 5.76. The highest BCUT2D eigenvalue weighted by atomic mass is 16.5. The molecule has 0 aromatic heterocycles. The topological polar surface area (TPSA) is 41.6 Å². The first-order chi connectivity index (χ1) is 11.4. The van der Waals surface area contributed by atoms with Gasteiger partial charge in [0.05, 0.1) is 12.5 Å². The van der Waals surface area contributed by atoms with Gasteiger partial charge in [-0.2, -0.15) is 0 Å². The van der Waals surface area contributed by atoms with E-state index in [1.165, 1.54) is 29.4 Å². The number of esters is 1. The lowest BCUT2D eigenvalue weighted by Crippen LogP contribution is -2.43. The standard InChI is InChI=1S/C20H30N2O2/c1-14-9-16(17-11-21-12-17)10-15(2)18(14)13-22-7-5-20(3,6-8-22)19(23)24-4/h9-10,17,21H,5-8,11-13H2,1-4H3. The summed E-state index contributed by atoms with van der Waals surface area (Å²) in [5.41, 5.74) is 5.42. The molecule has 4 nitrogen and oxygen atoms in total. The molecular weight excluding hydrogens is 300 g/mol. The minimum Gasteiger partial charge on any atom is -0.469 e. The molecule has 1 aromatic carbocycles. The summed E-state index contributed by atoms with van der Waals surface area (Å²) in [5.74, 6) is 0.625. The Morgan fingerprint density at radius 3 is 2.29 bits per heavy atom. The highest BCUT2D eigenvalue weighted by Crippen LogP contribution is 2.33. The first kappa shape index (κ1) is 17.4. The molecule has 1 aromatic rings. The summed E-state index contributed by atoms with van der Waals surface area (Å²) in [6.07, 6.45) is 1.76. The van der Waals surface area contributed by atoms with Crippen LogP contribution >= 0.6 is 0 Å². The third-order valence-electron chi connectivity index (χ3n) is 5.99. The van der Waals surface area contributed by atoms with Crippen LogP contribution in [0.1, 0.15) is 47.9 Å². The van der Waals surface area contributed by atoms with Gasteiger partial charge in [0.1, 0.15) is 0 Å². The van der Waals surface area contributed by atoms with E-state index in [0.717, 1.165) is 45.6 Å². The van der Waals surface area contributed by atoms with Crippen LogP contribution in [0.4, 0.5) is 0 Å². The van der Waals surface area contributed by atoms with Gasteiger partial charge in [-0.1, -0.05) is 12.1 Å². The van der Waals surface area contributed by atoms with Crippen molar-refractivity contribution in [1.29, 1.82) is 0 Å². The molecule has 0 bridgehead atoms. The molecule has 0 radical (unpaired) electrons. The van der Waals surface area contributed by atoms with Crippen molar-refractivity contribution in [1.82, 2.24) is 10.2 Å². The zero-order valence-corrected chi connectivity index (χ0v) is 15.4. The van der Waals surface area contributed by atoms with Crippen LogP contribution < -0.4 is 5.32 Å². The normalized spacial score (nSPS) is 21.3. The summed E-state index contributed by atoms with van der Waals surface area (Å²) in [4.78, 5) is 14.4. The quantitative estimate of drug-likeness (QED) is 0.862. The van der Waals surface area contributed by atoms with E-state index in [2.05, 4.69) is 36.2 Å². The Bertz CT molecular complexity index is 591. The number of nitrogens with one attached hydrogen (secondary N) is 1. The summed E-state index contributed by atoms with van der Waals surface area (Å²) in [6, 6.07) is 4.74. The van der Waals surface area contributed by atoms with Crippen molar-refractivity contribution in [3.63, 3.8) is 0 Å². The Morgan fingerprint density at radius 2 is 1.83 bits per heavy atom. The second-order valence-electron chi connectivity index (χ2n) is 7.82. The highest BCUT2D eigenvalue weighted by Gasteiger charge is 2.37. The fourth-order valence-electron chi connectivity index (χ4n) is 3.92. The molecule has 2 aliphatic rings. The number of likely N-dealkylation sites (tertiary alicyclic amines) is 1. The van der Waals surface area contributed by atoms with Gasteiger partial charge in [-0.05, 0) is 69.0 Å². The number of carbonyl (C=O) groups excluding carboxylic acids is 1. The van der Waals surface area contributed by atoms with Gasteiger partial charge in [0.15, 0.2) is 0 Å². The van der Waals surface area contributed by atoms with Crippen LogP contribution in [0.2, 0.25) is 0 Å². The Labute approximate surface area is 145 Å². The third-order valence-corrected chi connectivity index (χ3v) is 5.99. The van der Waals surface area contributed by atoms with Crippen molar-refractivity contribution < 1.29 is 9.53 Å². The van der Waals surface area contributed by atoms with E-state index in [4.69, 9.17) is 4.74 Å². The molecule has 0 unspecified atom stereocenters. The van der Waals surface area contributed by atoms with Crippen LogP contribution in [0.3, 0.4) is 0 Å². The largest absolute Gasteiger partial charge is 0.469 e. The molecule has 2 aliphatic heterocycles. The fraction of sp³-hybridized carbons (Fsp3) is 0.650. The van der Waals surface area contributed by atoms with Gasteiger partial charge in [0.25, 0.3) is 0 Å². The minimum absolute atomic E-state index is 0.0621. The number of rotatable bonds is 4. The fourth-order valence-corrected chi connectivity index (χ4v) is 3.92. The number of methoxy groups -OCH3 is 1. The average molecular weight is 330 g/mol. The Balaban J connectivity index is 1.66. The lowest BCUT2D eigenvalue weighted by atomic mass is 9.80. The molecule has 132 valence electrons. The average Bonchev–Trinajstić information content (AvgIpc) is 2.50. The summed E-state index contributed by atoms with van der Waals surface area (Å²) >= 11 is 0. The number of benzene rings is 1. The molecule has 2 saturated heterocycles. The maximum Gasteiger partial charge on any atom is 0.311 e. The number of hydrogen-bond acceptors (Lipinski definition) is 4. The van der Waals surface area contributed by atoms with E-state index in [1.807, 2.05) is 6.92 Å². The smallest absolute Gasteiger partial charge is 0.311 e. The number of ether oxygens (including phenoxy) is 1. The van der Waals surface area contributed by atoms with E-state index < -0.39 is 0 Å². The number of carbonyl (C=O) groups is 1. The van der Waals surface area contributed by atoms with Crippen molar-refractivity contribution in [3.05, 3.63) is 34.4 Å². The zero-order chi connectivity index (χ0) is 17.3. The number of piperidine rings is 1. The Morgan fingerprint density at radius 1 is 1.25 bits per heavy atom. The molecular formula is C20H30N2O2. The van der Waals surface area contributed by atoms with Gasteiger partial charge < -0.3 is 10.1 Å². The number of aryl methyl sites for hydroxylation is 2. The number of hydrogen-bond donors (Lipinski definition) is 1. The van der Waals surface area contributed by atoms with Gasteiger partial charge in [-0.15, -0.1) is 0 Å². The maximum absolute atomic E-state index is 12.0. The summed E-state index contributed by atoms with van der Waals surface area (Å²) in [5, 5.41) is 3.35. The molecule has 24 heavy (non-hydrogen) atoms. The Kier molecular flexibility index (Phi) is 4.97. The lowest BCUT2D eigenvalue weighted by molar-refractivity contribution is -0.154. The Hall–Kier alpha value is -1.39. The van der Waals surface area contributed by atoms with Crippen molar-refractivity contribution in [2.75, 3.05) is 33.3 Å². The van der Waals surface area contributed by atoms with Gasteiger partial charge >= 0.3 is 5.97 Å². The van der Waals surface area contributed by atoms with Gasteiger partial charge in [-0.3, -0.25) is 9.69 Å². The maximum atomic E-state index is 12.0. The van der Waals surface area contributed by atoms with Crippen LogP contribution in [0.15, 0.2) is 12.1 Å². The minimum atomic E-state index is -0.309. The van der Waals surface area contributed by atoms with E-state index in [1.54, 1.807) is 0 Å². The summed E-state index contributed by atoms with van der Waals surface area (Å²) in [6.45, 7) is 11.6. The molecule has 1 N–H and O–H groups in total. The monoisotopic (exact) mass is 330 g/mol. The molecule has 0 atom stereocenters. The van der Waals surface area contributed by atoms with Crippen molar-refractivity contribution in [2.24, 2.45) is 5.41 Å². The summed E-state index contributed by atoms with van der Waals surface area (Å²) in [7, 11) is 1.49. The number of nitrogens with zero attached hydrogens (tertiary/aromatic N) is 1. The van der Waals surface area contributed by atoms with Gasteiger partial charge in [0, 0.05) is 25.6 Å². The molecule has 0 spiro atoms. The first-order valence-corrected chi connectivity index (χ1v) is 9.04. The second kappa shape index (κ2) is 6.85. The van der Waals surface area contributed by atoms with Crippen LogP contribution in [0, 0.1) is 19.3 Å². The van der Waals surface area contributed by atoms with Crippen LogP contribution in [-0.4, -0.2) is 44.2 Å². The lowest BCUT2D eigenvalue weighted by Gasteiger charge is -2.37. The molecule has 4 heteroatoms. The van der Waals surface area contributed by atoms with E-state index in [9.17, 15) is 4.79 Å². The molecule has 3 rings (SSSR count). The van der Waals surface area contributed by atoms with E-state index in [-0.39, 0.29) is 11.4 Å². The third kappa shape index (κ3) is 3.35. The molecule has 0 aliphatic carbocycles. The predicted octanol–water partition coefficient (Wildman–Crippen LogP) is 2.77. The molecule has 2 heterocycles. The van der Waals surface area contributed by atoms with E-state index >= 15 is 0 Å². The molecule has 0 saturated carbocycles. The first-order valence-electron chi connectivity index (χ1n) is 9.04. The second-order valence-corrected chi connectivity index (χ2v) is 7.82. The molecule has 0 amide bonds. The summed E-state index contributed by atoms with van der Waals surface area (Å²) < 4.78 is 4.97. The van der Waals surface area contributed by atoms with Gasteiger partial charge in [0.2, 0.25) is 0 Å². The van der Waals surface area contributed by atoms with Crippen molar-refractivity contribution in [2.45, 2.75) is 46.1 Å². The van der Waals surface area contributed by atoms with Crippen molar-refractivity contribution >= 4 is 5.97 Å². The van der Waals surface area contributed by atoms with Crippen LogP contribution in [0.5, 0.6) is 0 Å². The SMILES string of the molecule is COC(=O)C1(C)CCN(Cc2c(C)cc(C3CNC3)cc2C)CC1. The van der Waals surface area contributed by atoms with E-state index in [0.29, 0.717) is 5.92 Å². The predicted molar refractivity (Wildman–Crippen MR) is 96.2 cm³/mol. The van der Waals surface area contributed by atoms with Crippen LogP contribution in [0.25, 0.3) is 0 Å². The zero-order valence-electron chi connectivity index (χ0n) is 15.4. The van der Waals surface area contributed by atoms with Crippen molar-refractivity contribution in [3.8, 4) is 0 Å². The molecule has 2 fully saturated rings. The van der Waals surface area contributed by atoms with Gasteiger partial charge in [-0.25, -0.2) is 0 Å².